The molecule has 0 saturated heterocycles. The number of carbonyl (C=O) groups excluding carboxylic acids is 1. The summed E-state index contributed by atoms with van der Waals surface area (Å²) >= 11 is 3.35. The molecule has 1 aliphatic carbocycles. The van der Waals surface area contributed by atoms with E-state index in [0.29, 0.717) is 15.7 Å². The van der Waals surface area contributed by atoms with Crippen molar-refractivity contribution in [2.24, 2.45) is 0 Å². The molecule has 0 spiro atoms. The van der Waals surface area contributed by atoms with Crippen molar-refractivity contribution in [3.05, 3.63) is 28.2 Å². The molecule has 0 radical (unpaired) electrons. The van der Waals surface area contributed by atoms with E-state index >= 15 is 0 Å². The summed E-state index contributed by atoms with van der Waals surface area (Å²) in [6.45, 7) is 0. The predicted molar refractivity (Wildman–Crippen MR) is 74.5 cm³/mol. The Balaban J connectivity index is 2.02. The zero-order valence-corrected chi connectivity index (χ0v) is 11.9. The number of benzene rings is 1. The van der Waals surface area contributed by atoms with Crippen molar-refractivity contribution in [1.29, 1.82) is 0 Å². The lowest BCUT2D eigenvalue weighted by molar-refractivity contribution is 0.0914. The predicted octanol–water partition coefficient (Wildman–Crippen LogP) is 2.33. The highest BCUT2D eigenvalue weighted by molar-refractivity contribution is 9.10. The highest BCUT2D eigenvalue weighted by Crippen LogP contribution is 2.25. The van der Waals surface area contributed by atoms with Crippen LogP contribution in [-0.4, -0.2) is 25.2 Å². The third-order valence-corrected chi connectivity index (χ3v) is 4.21. The minimum atomic E-state index is -0.0871. The lowest BCUT2D eigenvalue weighted by atomic mass is 10.1. The van der Waals surface area contributed by atoms with Crippen LogP contribution in [0.2, 0.25) is 0 Å². The van der Waals surface area contributed by atoms with Gasteiger partial charge in [-0.3, -0.25) is 4.79 Å². The summed E-state index contributed by atoms with van der Waals surface area (Å²) in [6.07, 6.45) is 3.10. The van der Waals surface area contributed by atoms with Crippen LogP contribution in [-0.2, 0) is 4.74 Å². The average Bonchev–Trinajstić information content (AvgIpc) is 2.80. The van der Waals surface area contributed by atoms with Gasteiger partial charge in [-0.2, -0.15) is 0 Å². The molecule has 1 aliphatic rings. The largest absolute Gasteiger partial charge is 0.398 e. The number of methoxy groups -OCH3 is 1. The van der Waals surface area contributed by atoms with Crippen LogP contribution in [0.15, 0.2) is 22.7 Å². The van der Waals surface area contributed by atoms with Crippen LogP contribution in [0.5, 0.6) is 0 Å². The van der Waals surface area contributed by atoms with Crippen LogP contribution in [0, 0.1) is 0 Å². The second kappa shape index (κ2) is 5.71. The fraction of sp³-hybridized carbons (Fsp3) is 0.462. The molecule has 5 heteroatoms. The SMILES string of the molecule is COC1CCC(NC(=O)c2cccc(N)c2Br)C1. The smallest absolute Gasteiger partial charge is 0.252 e. The number of nitrogen functional groups attached to an aromatic ring is 1. The minimum Gasteiger partial charge on any atom is -0.398 e. The number of anilines is 1. The quantitative estimate of drug-likeness (QED) is 0.842. The van der Waals surface area contributed by atoms with Gasteiger partial charge in [0.1, 0.15) is 0 Å². The van der Waals surface area contributed by atoms with Crippen molar-refractivity contribution in [1.82, 2.24) is 5.32 Å². The molecule has 98 valence electrons. The van der Waals surface area contributed by atoms with E-state index in [1.54, 1.807) is 25.3 Å². The number of nitrogens with two attached hydrogens (primary N) is 1. The number of carbonyl (C=O) groups is 1. The summed E-state index contributed by atoms with van der Waals surface area (Å²) in [6, 6.07) is 5.49. The van der Waals surface area contributed by atoms with Gasteiger partial charge in [-0.1, -0.05) is 6.07 Å². The number of rotatable bonds is 3. The molecular weight excluding hydrogens is 296 g/mol. The lowest BCUT2D eigenvalue weighted by Gasteiger charge is -2.14. The molecule has 1 amide bonds. The Labute approximate surface area is 115 Å². The van der Waals surface area contributed by atoms with Gasteiger partial charge in [0, 0.05) is 18.8 Å². The fourth-order valence-corrected chi connectivity index (χ4v) is 2.72. The lowest BCUT2D eigenvalue weighted by Crippen LogP contribution is -2.33. The number of amides is 1. The van der Waals surface area contributed by atoms with E-state index in [2.05, 4.69) is 21.2 Å². The van der Waals surface area contributed by atoms with Gasteiger partial charge in [-0.15, -0.1) is 0 Å². The van der Waals surface area contributed by atoms with Gasteiger partial charge in [0.25, 0.3) is 5.91 Å². The van der Waals surface area contributed by atoms with Gasteiger partial charge in [-0.25, -0.2) is 0 Å². The van der Waals surface area contributed by atoms with E-state index < -0.39 is 0 Å². The summed E-state index contributed by atoms with van der Waals surface area (Å²) in [7, 11) is 1.71. The van der Waals surface area contributed by atoms with Crippen molar-refractivity contribution >= 4 is 27.5 Å². The van der Waals surface area contributed by atoms with Gasteiger partial charge < -0.3 is 15.8 Å². The average molecular weight is 313 g/mol. The van der Waals surface area contributed by atoms with Crippen molar-refractivity contribution in [2.75, 3.05) is 12.8 Å². The first-order valence-electron chi connectivity index (χ1n) is 5.99. The van der Waals surface area contributed by atoms with Gasteiger partial charge in [0.15, 0.2) is 0 Å². The van der Waals surface area contributed by atoms with E-state index in [-0.39, 0.29) is 18.1 Å². The zero-order valence-electron chi connectivity index (χ0n) is 10.3. The van der Waals surface area contributed by atoms with Crippen LogP contribution >= 0.6 is 15.9 Å². The molecule has 1 aromatic rings. The van der Waals surface area contributed by atoms with E-state index in [0.717, 1.165) is 19.3 Å². The molecule has 4 nitrogen and oxygen atoms in total. The molecule has 3 N–H and O–H groups in total. The molecule has 1 fully saturated rings. The second-order valence-electron chi connectivity index (χ2n) is 4.55. The monoisotopic (exact) mass is 312 g/mol. The number of hydrogen-bond acceptors (Lipinski definition) is 3. The summed E-state index contributed by atoms with van der Waals surface area (Å²) in [5.74, 6) is -0.0871. The maximum atomic E-state index is 12.1. The number of nitrogens with one attached hydrogen (secondary N) is 1. The van der Waals surface area contributed by atoms with Gasteiger partial charge in [0.05, 0.1) is 16.1 Å². The Hall–Kier alpha value is -1.07. The van der Waals surface area contributed by atoms with Crippen LogP contribution < -0.4 is 11.1 Å². The maximum absolute atomic E-state index is 12.1. The molecule has 0 aliphatic heterocycles. The number of hydrogen-bond donors (Lipinski definition) is 2. The molecule has 2 unspecified atom stereocenters. The first-order valence-corrected chi connectivity index (χ1v) is 6.78. The van der Waals surface area contributed by atoms with Crippen molar-refractivity contribution in [2.45, 2.75) is 31.4 Å². The van der Waals surface area contributed by atoms with Crippen LogP contribution in [0.3, 0.4) is 0 Å². The normalized spacial score (nSPS) is 23.0. The first kappa shape index (κ1) is 13.4. The third kappa shape index (κ3) is 2.84. The highest BCUT2D eigenvalue weighted by Gasteiger charge is 2.26. The molecule has 0 aromatic heterocycles. The molecule has 0 bridgehead atoms. The summed E-state index contributed by atoms with van der Waals surface area (Å²) in [5, 5.41) is 3.02. The van der Waals surface area contributed by atoms with Gasteiger partial charge >= 0.3 is 0 Å². The van der Waals surface area contributed by atoms with Crippen molar-refractivity contribution in [3.63, 3.8) is 0 Å². The Bertz CT molecular complexity index is 451. The number of ether oxygens (including phenoxy) is 1. The van der Waals surface area contributed by atoms with Crippen LogP contribution in [0.25, 0.3) is 0 Å². The van der Waals surface area contributed by atoms with E-state index in [1.165, 1.54) is 0 Å². The van der Waals surface area contributed by atoms with E-state index in [4.69, 9.17) is 10.5 Å². The molecule has 1 saturated carbocycles. The first-order chi connectivity index (χ1) is 8.61. The Morgan fingerprint density at radius 3 is 2.94 bits per heavy atom. The van der Waals surface area contributed by atoms with Crippen LogP contribution in [0.1, 0.15) is 29.6 Å². The Kier molecular flexibility index (Phi) is 4.24. The van der Waals surface area contributed by atoms with E-state index in [1.807, 2.05) is 0 Å². The highest BCUT2D eigenvalue weighted by atomic mass is 79.9. The Morgan fingerprint density at radius 1 is 1.50 bits per heavy atom. The zero-order chi connectivity index (χ0) is 13.1. The molecule has 2 rings (SSSR count). The van der Waals surface area contributed by atoms with Gasteiger partial charge in [0.2, 0.25) is 0 Å². The number of halogens is 1. The summed E-state index contributed by atoms with van der Waals surface area (Å²) in [5.41, 5.74) is 6.92. The van der Waals surface area contributed by atoms with Gasteiger partial charge in [-0.05, 0) is 47.3 Å². The molecule has 2 atom stereocenters. The molecule has 1 aromatic carbocycles. The standard InChI is InChI=1S/C13H17BrN2O2/c1-18-9-6-5-8(7-9)16-13(17)10-3-2-4-11(15)12(10)14/h2-4,8-9H,5-7,15H2,1H3,(H,16,17). The second-order valence-corrected chi connectivity index (χ2v) is 5.34. The Morgan fingerprint density at radius 2 is 2.28 bits per heavy atom. The molecule has 0 heterocycles. The molecular formula is C13H17BrN2O2. The summed E-state index contributed by atoms with van der Waals surface area (Å²) < 4.78 is 5.95. The molecule has 18 heavy (non-hydrogen) atoms. The minimum absolute atomic E-state index is 0.0871. The fourth-order valence-electron chi connectivity index (χ4n) is 2.27. The third-order valence-electron chi connectivity index (χ3n) is 3.33. The van der Waals surface area contributed by atoms with Crippen molar-refractivity contribution < 1.29 is 9.53 Å². The summed E-state index contributed by atoms with van der Waals surface area (Å²) in [4.78, 5) is 12.1. The topological polar surface area (TPSA) is 64.3 Å². The van der Waals surface area contributed by atoms with Crippen molar-refractivity contribution in [3.8, 4) is 0 Å². The maximum Gasteiger partial charge on any atom is 0.252 e. The van der Waals surface area contributed by atoms with Crippen LogP contribution in [0.4, 0.5) is 5.69 Å². The van der Waals surface area contributed by atoms with E-state index in [9.17, 15) is 4.79 Å².